The van der Waals surface area contributed by atoms with E-state index >= 15 is 0 Å². The van der Waals surface area contributed by atoms with Crippen molar-refractivity contribution in [3.05, 3.63) is 16.5 Å². The van der Waals surface area contributed by atoms with Crippen LogP contribution in [0.3, 0.4) is 0 Å². The second-order valence-electron chi connectivity index (χ2n) is 4.70. The highest BCUT2D eigenvalue weighted by Gasteiger charge is 2.09. The van der Waals surface area contributed by atoms with Gasteiger partial charge in [-0.3, -0.25) is 0 Å². The maximum Gasteiger partial charge on any atom is 0.157 e. The highest BCUT2D eigenvalue weighted by molar-refractivity contribution is 7.20. The molecule has 0 saturated carbocycles. The fourth-order valence-electron chi connectivity index (χ4n) is 1.58. The second kappa shape index (κ2) is 6.98. The van der Waals surface area contributed by atoms with Crippen LogP contribution in [0.4, 0.5) is 0 Å². The molecule has 104 valence electrons. The molecule has 0 atom stereocenters. The van der Waals surface area contributed by atoms with Crippen molar-refractivity contribution in [3.8, 4) is 15.6 Å². The Labute approximate surface area is 121 Å². The first-order chi connectivity index (χ1) is 9.19. The summed E-state index contributed by atoms with van der Waals surface area (Å²) >= 11 is 3.30. The van der Waals surface area contributed by atoms with Gasteiger partial charge in [0.25, 0.3) is 0 Å². The minimum absolute atomic E-state index is 0.684. The molecule has 0 amide bonds. The molecule has 0 unspecified atom stereocenters. The number of thiophene rings is 1. The SMILES string of the molecule is COc1csc(-c2nnc(CCNCC(C)C)s2)c1. The zero-order chi connectivity index (χ0) is 13.7. The molecule has 0 saturated heterocycles. The standard InChI is InChI=1S/C13H19N3OS2/c1-9(2)7-14-5-4-12-15-16-13(19-12)11-6-10(17-3)8-18-11/h6,8-9,14H,4-5,7H2,1-3H3. The maximum absolute atomic E-state index is 5.18. The summed E-state index contributed by atoms with van der Waals surface area (Å²) in [5.41, 5.74) is 0. The van der Waals surface area contributed by atoms with Gasteiger partial charge in [0.05, 0.1) is 12.0 Å². The summed E-state index contributed by atoms with van der Waals surface area (Å²) in [5, 5.41) is 15.9. The van der Waals surface area contributed by atoms with Crippen LogP contribution in [0.1, 0.15) is 18.9 Å². The summed E-state index contributed by atoms with van der Waals surface area (Å²) in [4.78, 5) is 1.12. The first kappa shape index (κ1) is 14.4. The van der Waals surface area contributed by atoms with E-state index in [2.05, 4.69) is 29.4 Å². The van der Waals surface area contributed by atoms with E-state index in [0.717, 1.165) is 40.2 Å². The molecule has 0 aliphatic carbocycles. The summed E-state index contributed by atoms with van der Waals surface area (Å²) < 4.78 is 5.18. The lowest BCUT2D eigenvalue weighted by atomic mass is 10.2. The van der Waals surface area contributed by atoms with Crippen LogP contribution in [-0.2, 0) is 6.42 Å². The van der Waals surface area contributed by atoms with Crippen molar-refractivity contribution in [1.82, 2.24) is 15.5 Å². The summed E-state index contributed by atoms with van der Waals surface area (Å²) in [6.07, 6.45) is 0.937. The lowest BCUT2D eigenvalue weighted by Gasteiger charge is -2.04. The van der Waals surface area contributed by atoms with Crippen LogP contribution in [0.2, 0.25) is 0 Å². The molecule has 4 nitrogen and oxygen atoms in total. The average Bonchev–Trinajstić information content (AvgIpc) is 3.02. The Hall–Kier alpha value is -0.980. The topological polar surface area (TPSA) is 47.0 Å². The zero-order valence-electron chi connectivity index (χ0n) is 11.5. The molecule has 2 aromatic rings. The summed E-state index contributed by atoms with van der Waals surface area (Å²) in [7, 11) is 1.68. The predicted octanol–water partition coefficient (Wildman–Crippen LogP) is 3.06. The van der Waals surface area contributed by atoms with Gasteiger partial charge < -0.3 is 10.1 Å². The summed E-state index contributed by atoms with van der Waals surface area (Å²) in [5.74, 6) is 1.57. The predicted molar refractivity (Wildman–Crippen MR) is 81.2 cm³/mol. The normalized spacial score (nSPS) is 11.2. The monoisotopic (exact) mass is 297 g/mol. The van der Waals surface area contributed by atoms with E-state index in [1.54, 1.807) is 29.8 Å². The average molecular weight is 297 g/mol. The van der Waals surface area contributed by atoms with E-state index in [9.17, 15) is 0 Å². The van der Waals surface area contributed by atoms with Gasteiger partial charge >= 0.3 is 0 Å². The molecule has 0 radical (unpaired) electrons. The van der Waals surface area contributed by atoms with Crippen LogP contribution < -0.4 is 10.1 Å². The number of ether oxygens (including phenoxy) is 1. The third-order valence-corrected chi connectivity index (χ3v) is 4.62. The number of rotatable bonds is 7. The summed E-state index contributed by atoms with van der Waals surface area (Å²) in [6.45, 7) is 6.43. The Balaban J connectivity index is 1.88. The molecule has 0 aliphatic rings. The van der Waals surface area contributed by atoms with E-state index in [0.29, 0.717) is 5.92 Å². The van der Waals surface area contributed by atoms with Crippen LogP contribution in [0, 0.1) is 5.92 Å². The van der Waals surface area contributed by atoms with Gasteiger partial charge in [-0.2, -0.15) is 0 Å². The van der Waals surface area contributed by atoms with Gasteiger partial charge in [0.15, 0.2) is 5.01 Å². The largest absolute Gasteiger partial charge is 0.496 e. The van der Waals surface area contributed by atoms with E-state index < -0.39 is 0 Å². The molecule has 0 spiro atoms. The highest BCUT2D eigenvalue weighted by atomic mass is 32.1. The molecule has 6 heteroatoms. The zero-order valence-corrected chi connectivity index (χ0v) is 13.1. The van der Waals surface area contributed by atoms with Crippen molar-refractivity contribution in [2.45, 2.75) is 20.3 Å². The quantitative estimate of drug-likeness (QED) is 0.798. The van der Waals surface area contributed by atoms with Crippen molar-refractivity contribution in [2.75, 3.05) is 20.2 Å². The molecule has 2 rings (SSSR count). The van der Waals surface area contributed by atoms with Crippen molar-refractivity contribution in [2.24, 2.45) is 5.92 Å². The van der Waals surface area contributed by atoms with Gasteiger partial charge in [-0.15, -0.1) is 21.5 Å². The fourth-order valence-corrected chi connectivity index (χ4v) is 3.33. The molecule has 19 heavy (non-hydrogen) atoms. The minimum Gasteiger partial charge on any atom is -0.496 e. The van der Waals surface area contributed by atoms with Gasteiger partial charge in [-0.05, 0) is 12.5 Å². The van der Waals surface area contributed by atoms with Gasteiger partial charge in [0.1, 0.15) is 10.8 Å². The van der Waals surface area contributed by atoms with Crippen molar-refractivity contribution < 1.29 is 4.74 Å². The molecule has 2 heterocycles. The number of methoxy groups -OCH3 is 1. The first-order valence-corrected chi connectivity index (χ1v) is 8.04. The molecule has 0 fully saturated rings. The Bertz CT molecular complexity index is 507. The molecule has 0 aromatic carbocycles. The van der Waals surface area contributed by atoms with E-state index in [1.807, 2.05) is 11.4 Å². The van der Waals surface area contributed by atoms with E-state index in [4.69, 9.17) is 4.74 Å². The lowest BCUT2D eigenvalue weighted by molar-refractivity contribution is 0.417. The van der Waals surface area contributed by atoms with Gasteiger partial charge in [-0.25, -0.2) is 0 Å². The first-order valence-electron chi connectivity index (χ1n) is 6.35. The number of hydrogen-bond acceptors (Lipinski definition) is 6. The van der Waals surface area contributed by atoms with Crippen LogP contribution in [0.25, 0.3) is 9.88 Å². The van der Waals surface area contributed by atoms with Gasteiger partial charge in [-0.1, -0.05) is 25.2 Å². The highest BCUT2D eigenvalue weighted by Crippen LogP contribution is 2.32. The van der Waals surface area contributed by atoms with E-state index in [1.165, 1.54) is 0 Å². The molecule has 0 bridgehead atoms. The number of nitrogens with one attached hydrogen (secondary N) is 1. The van der Waals surface area contributed by atoms with Crippen molar-refractivity contribution in [1.29, 1.82) is 0 Å². The molecule has 0 aliphatic heterocycles. The van der Waals surface area contributed by atoms with E-state index in [-0.39, 0.29) is 0 Å². The Morgan fingerprint density at radius 1 is 1.37 bits per heavy atom. The van der Waals surface area contributed by atoms with Gasteiger partial charge in [0.2, 0.25) is 0 Å². The van der Waals surface area contributed by atoms with Crippen LogP contribution >= 0.6 is 22.7 Å². The molecular formula is C13H19N3OS2. The Morgan fingerprint density at radius 2 is 2.21 bits per heavy atom. The van der Waals surface area contributed by atoms with Crippen LogP contribution in [0.5, 0.6) is 5.75 Å². The van der Waals surface area contributed by atoms with Crippen LogP contribution in [-0.4, -0.2) is 30.4 Å². The summed E-state index contributed by atoms with van der Waals surface area (Å²) in [6, 6.07) is 2.01. The molecule has 2 aromatic heterocycles. The number of nitrogens with zero attached hydrogens (tertiary/aromatic N) is 2. The smallest absolute Gasteiger partial charge is 0.157 e. The number of hydrogen-bond donors (Lipinski definition) is 1. The van der Waals surface area contributed by atoms with Crippen molar-refractivity contribution in [3.63, 3.8) is 0 Å². The van der Waals surface area contributed by atoms with Gasteiger partial charge in [0, 0.05) is 24.4 Å². The lowest BCUT2D eigenvalue weighted by Crippen LogP contribution is -2.22. The Morgan fingerprint density at radius 3 is 2.89 bits per heavy atom. The Kier molecular flexibility index (Phi) is 5.30. The molecular weight excluding hydrogens is 278 g/mol. The minimum atomic E-state index is 0.684. The third-order valence-electron chi connectivity index (χ3n) is 2.56. The third kappa shape index (κ3) is 4.26. The number of aromatic nitrogens is 2. The maximum atomic E-state index is 5.18. The van der Waals surface area contributed by atoms with Crippen molar-refractivity contribution >= 4 is 22.7 Å². The molecule has 1 N–H and O–H groups in total. The second-order valence-corrected chi connectivity index (χ2v) is 6.67. The fraction of sp³-hybridized carbons (Fsp3) is 0.538. The van der Waals surface area contributed by atoms with Crippen LogP contribution in [0.15, 0.2) is 11.4 Å².